The molecule has 0 radical (unpaired) electrons. The Morgan fingerprint density at radius 1 is 1.00 bits per heavy atom. The summed E-state index contributed by atoms with van der Waals surface area (Å²) >= 11 is 0. The fourth-order valence-corrected chi connectivity index (χ4v) is 2.00. The maximum Gasteiger partial charge on any atom is 0.193 e. The van der Waals surface area contributed by atoms with Crippen molar-refractivity contribution >= 4 is 5.96 Å². The lowest BCUT2D eigenvalue weighted by Gasteiger charge is -2.25. The number of guanidine groups is 1. The minimum absolute atomic E-state index is 1.01. The predicted molar refractivity (Wildman–Crippen MR) is 55.0 cm³/mol. The third kappa shape index (κ3) is 2.36. The minimum atomic E-state index is 1.01. The van der Waals surface area contributed by atoms with Gasteiger partial charge in [-0.2, -0.15) is 0 Å². The van der Waals surface area contributed by atoms with Gasteiger partial charge in [-0.15, -0.1) is 0 Å². The highest BCUT2D eigenvalue weighted by atomic mass is 15.3. The summed E-state index contributed by atoms with van der Waals surface area (Å²) in [5.41, 5.74) is 0. The molecule has 1 saturated heterocycles. The first-order valence-corrected chi connectivity index (χ1v) is 5.50. The van der Waals surface area contributed by atoms with Gasteiger partial charge in [-0.05, 0) is 32.1 Å². The Kier molecular flexibility index (Phi) is 3.06. The van der Waals surface area contributed by atoms with Crippen LogP contribution >= 0.6 is 0 Å². The van der Waals surface area contributed by atoms with Crippen molar-refractivity contribution in [3.8, 4) is 0 Å². The van der Waals surface area contributed by atoms with Gasteiger partial charge in [-0.3, -0.25) is 4.99 Å². The number of rotatable bonds is 0. The second-order valence-electron chi connectivity index (χ2n) is 3.89. The summed E-state index contributed by atoms with van der Waals surface area (Å²) in [5, 5.41) is 3.43. The first-order valence-electron chi connectivity index (χ1n) is 5.50. The summed E-state index contributed by atoms with van der Waals surface area (Å²) in [4.78, 5) is 7.02. The van der Waals surface area contributed by atoms with Gasteiger partial charge < -0.3 is 10.2 Å². The molecule has 0 spiro atoms. The number of nitrogens with one attached hydrogen (secondary N) is 1. The van der Waals surface area contributed by atoms with Crippen LogP contribution < -0.4 is 5.32 Å². The first kappa shape index (κ1) is 8.85. The Balaban J connectivity index is 2.04. The zero-order valence-electron chi connectivity index (χ0n) is 8.26. The van der Waals surface area contributed by atoms with E-state index >= 15 is 0 Å². The van der Waals surface area contributed by atoms with Crippen LogP contribution in [0.25, 0.3) is 0 Å². The molecular weight excluding hydrogens is 162 g/mol. The Labute approximate surface area is 80.2 Å². The fourth-order valence-electron chi connectivity index (χ4n) is 2.00. The van der Waals surface area contributed by atoms with Crippen LogP contribution in [0.2, 0.25) is 0 Å². The molecule has 74 valence electrons. The largest absolute Gasteiger partial charge is 0.356 e. The molecule has 0 unspecified atom stereocenters. The van der Waals surface area contributed by atoms with Crippen LogP contribution in [0, 0.1) is 0 Å². The lowest BCUT2D eigenvalue weighted by atomic mass is 10.2. The van der Waals surface area contributed by atoms with Crippen molar-refractivity contribution in [2.24, 2.45) is 4.99 Å². The maximum absolute atomic E-state index is 4.60. The van der Waals surface area contributed by atoms with Crippen molar-refractivity contribution in [3.63, 3.8) is 0 Å². The highest BCUT2D eigenvalue weighted by Crippen LogP contribution is 2.08. The molecule has 1 N–H and O–H groups in total. The normalized spacial score (nSPS) is 28.6. The number of fused-ring (bicyclic) bond motifs is 1. The summed E-state index contributed by atoms with van der Waals surface area (Å²) < 4.78 is 0. The third-order valence-corrected chi connectivity index (χ3v) is 2.79. The van der Waals surface area contributed by atoms with E-state index in [1.165, 1.54) is 45.2 Å². The average molecular weight is 181 g/mol. The van der Waals surface area contributed by atoms with Gasteiger partial charge in [0.15, 0.2) is 5.96 Å². The van der Waals surface area contributed by atoms with E-state index in [1.807, 2.05) is 0 Å². The molecule has 0 aromatic carbocycles. The molecule has 0 aromatic rings. The van der Waals surface area contributed by atoms with Crippen molar-refractivity contribution < 1.29 is 0 Å². The number of nitrogens with zero attached hydrogens (tertiary/aromatic N) is 2. The smallest absolute Gasteiger partial charge is 0.193 e. The van der Waals surface area contributed by atoms with E-state index in [-0.39, 0.29) is 0 Å². The number of hydrogen-bond donors (Lipinski definition) is 1. The Morgan fingerprint density at radius 2 is 1.85 bits per heavy atom. The fraction of sp³-hybridized carbons (Fsp3) is 0.900. The molecule has 3 heteroatoms. The average Bonchev–Trinajstić information content (AvgIpc) is 2.30. The first-order chi connectivity index (χ1) is 6.47. The topological polar surface area (TPSA) is 27.6 Å². The molecule has 0 atom stereocenters. The predicted octanol–water partition coefficient (Wildman–Crippen LogP) is 1.21. The molecule has 0 saturated carbocycles. The van der Waals surface area contributed by atoms with Crippen molar-refractivity contribution in [1.82, 2.24) is 10.2 Å². The van der Waals surface area contributed by atoms with E-state index in [9.17, 15) is 0 Å². The second-order valence-corrected chi connectivity index (χ2v) is 3.89. The van der Waals surface area contributed by atoms with Gasteiger partial charge in [0, 0.05) is 26.2 Å². The highest BCUT2D eigenvalue weighted by molar-refractivity contribution is 5.80. The van der Waals surface area contributed by atoms with E-state index in [0.717, 1.165) is 19.0 Å². The van der Waals surface area contributed by atoms with Crippen molar-refractivity contribution in [2.75, 3.05) is 26.2 Å². The molecule has 2 aliphatic heterocycles. The Morgan fingerprint density at radius 3 is 2.77 bits per heavy atom. The van der Waals surface area contributed by atoms with E-state index in [1.54, 1.807) is 0 Å². The molecule has 13 heavy (non-hydrogen) atoms. The molecule has 0 amide bonds. The van der Waals surface area contributed by atoms with Gasteiger partial charge in [-0.1, -0.05) is 0 Å². The van der Waals surface area contributed by atoms with Crippen LogP contribution in [0.5, 0.6) is 0 Å². The molecule has 2 heterocycles. The van der Waals surface area contributed by atoms with E-state index in [4.69, 9.17) is 0 Å². The van der Waals surface area contributed by atoms with Crippen LogP contribution in [-0.2, 0) is 0 Å². The Hall–Kier alpha value is -0.730. The third-order valence-electron chi connectivity index (χ3n) is 2.79. The number of hydrogen-bond acceptors (Lipinski definition) is 3. The van der Waals surface area contributed by atoms with Crippen LogP contribution in [0.4, 0.5) is 0 Å². The van der Waals surface area contributed by atoms with Crippen molar-refractivity contribution in [2.45, 2.75) is 32.1 Å². The SMILES string of the molecule is C1CC/N=C2/NCCCCN2CC1. The van der Waals surface area contributed by atoms with E-state index in [0.29, 0.717) is 0 Å². The summed E-state index contributed by atoms with van der Waals surface area (Å²) in [5.74, 6) is 1.16. The maximum atomic E-state index is 4.60. The van der Waals surface area contributed by atoms with Gasteiger partial charge in [0.25, 0.3) is 0 Å². The molecule has 2 rings (SSSR count). The molecule has 1 fully saturated rings. The number of aliphatic imine (C=N–C) groups is 1. The van der Waals surface area contributed by atoms with Gasteiger partial charge in [0.2, 0.25) is 0 Å². The van der Waals surface area contributed by atoms with Crippen LogP contribution in [0.3, 0.4) is 0 Å². The molecular formula is C10H19N3. The zero-order chi connectivity index (χ0) is 8.93. The molecule has 0 aliphatic carbocycles. The highest BCUT2D eigenvalue weighted by Gasteiger charge is 2.14. The summed E-state index contributed by atoms with van der Waals surface area (Å²) in [6.45, 7) is 4.52. The van der Waals surface area contributed by atoms with Crippen LogP contribution in [-0.4, -0.2) is 37.0 Å². The van der Waals surface area contributed by atoms with E-state index < -0.39 is 0 Å². The van der Waals surface area contributed by atoms with Gasteiger partial charge >= 0.3 is 0 Å². The van der Waals surface area contributed by atoms with Gasteiger partial charge in [0.1, 0.15) is 0 Å². The summed E-state index contributed by atoms with van der Waals surface area (Å²) in [6.07, 6.45) is 6.54. The van der Waals surface area contributed by atoms with E-state index in [2.05, 4.69) is 15.2 Å². The second kappa shape index (κ2) is 4.49. The van der Waals surface area contributed by atoms with Gasteiger partial charge in [-0.25, -0.2) is 0 Å². The molecule has 0 bridgehead atoms. The molecule has 0 aromatic heterocycles. The zero-order valence-corrected chi connectivity index (χ0v) is 8.26. The van der Waals surface area contributed by atoms with Gasteiger partial charge in [0.05, 0.1) is 0 Å². The van der Waals surface area contributed by atoms with Crippen molar-refractivity contribution in [1.29, 1.82) is 0 Å². The molecule has 2 aliphatic rings. The van der Waals surface area contributed by atoms with Crippen LogP contribution in [0.15, 0.2) is 4.99 Å². The Bertz CT molecular complexity index is 189. The lowest BCUT2D eigenvalue weighted by molar-refractivity contribution is 0.387. The minimum Gasteiger partial charge on any atom is -0.356 e. The van der Waals surface area contributed by atoms with Crippen molar-refractivity contribution in [3.05, 3.63) is 0 Å². The van der Waals surface area contributed by atoms with Crippen LogP contribution in [0.1, 0.15) is 32.1 Å². The quantitative estimate of drug-likeness (QED) is 0.608. The summed E-state index contributed by atoms with van der Waals surface area (Å²) in [7, 11) is 0. The summed E-state index contributed by atoms with van der Waals surface area (Å²) in [6, 6.07) is 0. The lowest BCUT2D eigenvalue weighted by Crippen LogP contribution is -2.41. The standard InChI is InChI=1S/C10H19N3/c1-2-6-11-10-12-7-3-5-9-13(10)8-4-1/h1-9H2,(H,11,12). The molecule has 3 nitrogen and oxygen atoms in total. The monoisotopic (exact) mass is 181 g/mol.